The number of para-hydroxylation sites is 1. The van der Waals surface area contributed by atoms with E-state index in [0.717, 1.165) is 5.56 Å². The van der Waals surface area contributed by atoms with Gasteiger partial charge >= 0.3 is 5.97 Å². The highest BCUT2D eigenvalue weighted by molar-refractivity contribution is 9.10. The van der Waals surface area contributed by atoms with Crippen molar-refractivity contribution in [3.8, 4) is 0 Å². The summed E-state index contributed by atoms with van der Waals surface area (Å²) in [5.41, 5.74) is 8.05. The van der Waals surface area contributed by atoms with E-state index in [1.54, 1.807) is 18.2 Å². The highest BCUT2D eigenvalue weighted by Gasteiger charge is 2.21. The first-order valence-corrected chi connectivity index (χ1v) is 8.74. The molecule has 0 aliphatic rings. The van der Waals surface area contributed by atoms with Gasteiger partial charge in [0.25, 0.3) is 5.91 Å². The van der Waals surface area contributed by atoms with E-state index in [9.17, 15) is 9.59 Å². The molecule has 6 heteroatoms. The maximum Gasteiger partial charge on any atom is 0.341 e. The Kier molecular flexibility index (Phi) is 6.20. The monoisotopic (exact) mass is 404 g/mol. The van der Waals surface area contributed by atoms with E-state index >= 15 is 0 Å². The standard InChI is InChI=1S/C19H21BrN2O3/c1-11(2)14-6-4-5-7-17(14)22-18(23)12(3)25-19(24)15-10-13(20)8-9-16(15)21/h4-12H,21H2,1-3H3,(H,22,23)/t12-/m0/s1. The van der Waals surface area contributed by atoms with E-state index in [2.05, 4.69) is 21.2 Å². The quantitative estimate of drug-likeness (QED) is 0.573. The Morgan fingerprint density at radius 1 is 1.12 bits per heavy atom. The molecule has 0 aliphatic carbocycles. The van der Waals surface area contributed by atoms with E-state index in [0.29, 0.717) is 15.8 Å². The number of ether oxygens (including phenoxy) is 1. The minimum Gasteiger partial charge on any atom is -0.449 e. The number of halogens is 1. The van der Waals surface area contributed by atoms with Crippen molar-refractivity contribution in [3.63, 3.8) is 0 Å². The molecule has 0 fully saturated rings. The average molecular weight is 405 g/mol. The molecule has 2 rings (SSSR count). The van der Waals surface area contributed by atoms with E-state index in [1.807, 2.05) is 38.1 Å². The molecule has 0 aliphatic heterocycles. The van der Waals surface area contributed by atoms with E-state index in [1.165, 1.54) is 6.92 Å². The van der Waals surface area contributed by atoms with Gasteiger partial charge in [-0.3, -0.25) is 4.79 Å². The molecule has 2 aromatic rings. The normalized spacial score (nSPS) is 11.9. The smallest absolute Gasteiger partial charge is 0.341 e. The molecule has 0 aromatic heterocycles. The Morgan fingerprint density at radius 2 is 1.80 bits per heavy atom. The zero-order chi connectivity index (χ0) is 18.6. The highest BCUT2D eigenvalue weighted by Crippen LogP contribution is 2.24. The lowest BCUT2D eigenvalue weighted by atomic mass is 10.0. The van der Waals surface area contributed by atoms with Crippen LogP contribution in [0.15, 0.2) is 46.9 Å². The summed E-state index contributed by atoms with van der Waals surface area (Å²) in [7, 11) is 0. The van der Waals surface area contributed by atoms with Gasteiger partial charge in [0.05, 0.1) is 5.56 Å². The Bertz CT molecular complexity index is 790. The molecule has 0 saturated carbocycles. The fourth-order valence-electron chi connectivity index (χ4n) is 2.33. The van der Waals surface area contributed by atoms with Crippen molar-refractivity contribution in [3.05, 3.63) is 58.1 Å². The summed E-state index contributed by atoms with van der Waals surface area (Å²) >= 11 is 3.28. The molecule has 1 atom stereocenters. The fraction of sp³-hybridized carbons (Fsp3) is 0.263. The Hall–Kier alpha value is -2.34. The van der Waals surface area contributed by atoms with Crippen molar-refractivity contribution in [2.24, 2.45) is 0 Å². The van der Waals surface area contributed by atoms with Crippen LogP contribution in [0.1, 0.15) is 42.6 Å². The molecule has 5 nitrogen and oxygen atoms in total. The van der Waals surface area contributed by atoms with E-state index in [-0.39, 0.29) is 11.5 Å². The SMILES string of the molecule is CC(C)c1ccccc1NC(=O)[C@H](C)OC(=O)c1cc(Br)ccc1N. The molecule has 2 aromatic carbocycles. The number of benzene rings is 2. The molecule has 0 saturated heterocycles. The van der Waals surface area contributed by atoms with Gasteiger partial charge in [0.2, 0.25) is 0 Å². The number of nitrogens with two attached hydrogens (primary N) is 1. The number of anilines is 2. The van der Waals surface area contributed by atoms with Crippen LogP contribution in [0.3, 0.4) is 0 Å². The minimum absolute atomic E-state index is 0.219. The topological polar surface area (TPSA) is 81.4 Å². The summed E-state index contributed by atoms with van der Waals surface area (Å²) in [4.78, 5) is 24.6. The molecule has 132 valence electrons. The fourth-order valence-corrected chi connectivity index (χ4v) is 2.69. The predicted octanol–water partition coefficient (Wildman–Crippen LogP) is 4.34. The van der Waals surface area contributed by atoms with Crippen molar-refractivity contribution in [1.29, 1.82) is 0 Å². The van der Waals surface area contributed by atoms with Crippen molar-refractivity contribution in [1.82, 2.24) is 0 Å². The van der Waals surface area contributed by atoms with Crippen LogP contribution in [0.2, 0.25) is 0 Å². The summed E-state index contributed by atoms with van der Waals surface area (Å²) in [5.74, 6) is -0.774. The van der Waals surface area contributed by atoms with Gasteiger partial charge in [-0.15, -0.1) is 0 Å². The van der Waals surface area contributed by atoms with Crippen molar-refractivity contribution >= 4 is 39.2 Å². The zero-order valence-electron chi connectivity index (χ0n) is 14.4. The van der Waals surface area contributed by atoms with Crippen LogP contribution in [0.5, 0.6) is 0 Å². The molecule has 3 N–H and O–H groups in total. The number of rotatable bonds is 5. The number of hydrogen-bond acceptors (Lipinski definition) is 4. The van der Waals surface area contributed by atoms with E-state index < -0.39 is 18.0 Å². The first kappa shape index (κ1) is 19.0. The largest absolute Gasteiger partial charge is 0.449 e. The number of nitrogens with one attached hydrogen (secondary N) is 1. The predicted molar refractivity (Wildman–Crippen MR) is 103 cm³/mol. The molecule has 25 heavy (non-hydrogen) atoms. The first-order valence-electron chi connectivity index (χ1n) is 7.95. The van der Waals surface area contributed by atoms with Gasteiger partial charge in [-0.25, -0.2) is 4.79 Å². The maximum absolute atomic E-state index is 12.4. The van der Waals surface area contributed by atoms with E-state index in [4.69, 9.17) is 10.5 Å². The lowest BCUT2D eigenvalue weighted by molar-refractivity contribution is -0.123. The average Bonchev–Trinajstić information content (AvgIpc) is 2.57. The molecular formula is C19H21BrN2O3. The molecule has 0 heterocycles. The molecule has 1 amide bonds. The zero-order valence-corrected chi connectivity index (χ0v) is 16.0. The second kappa shape index (κ2) is 8.16. The lowest BCUT2D eigenvalue weighted by Crippen LogP contribution is -2.30. The lowest BCUT2D eigenvalue weighted by Gasteiger charge is -2.17. The van der Waals surface area contributed by atoms with Gasteiger partial charge in [0.15, 0.2) is 6.10 Å². The number of carbonyl (C=O) groups is 2. The first-order chi connectivity index (χ1) is 11.8. The van der Waals surface area contributed by atoms with Crippen molar-refractivity contribution < 1.29 is 14.3 Å². The second-order valence-electron chi connectivity index (χ2n) is 6.01. The number of nitrogen functional groups attached to an aromatic ring is 1. The number of esters is 1. The molecule has 0 unspecified atom stereocenters. The number of carbonyl (C=O) groups excluding carboxylic acids is 2. The summed E-state index contributed by atoms with van der Waals surface area (Å²) in [6, 6.07) is 12.4. The van der Waals surface area contributed by atoms with Crippen LogP contribution in [0, 0.1) is 0 Å². The van der Waals surface area contributed by atoms with Crippen LogP contribution in [-0.2, 0) is 9.53 Å². The van der Waals surface area contributed by atoms with Crippen LogP contribution in [0.4, 0.5) is 11.4 Å². The van der Waals surface area contributed by atoms with Crippen LogP contribution >= 0.6 is 15.9 Å². The second-order valence-corrected chi connectivity index (χ2v) is 6.93. The molecule has 0 radical (unpaired) electrons. The third-order valence-electron chi connectivity index (χ3n) is 3.73. The van der Waals surface area contributed by atoms with Gasteiger partial charge < -0.3 is 15.8 Å². The van der Waals surface area contributed by atoms with Crippen molar-refractivity contribution in [2.75, 3.05) is 11.1 Å². The molecule has 0 spiro atoms. The van der Waals surface area contributed by atoms with Gasteiger partial charge in [0, 0.05) is 15.8 Å². The van der Waals surface area contributed by atoms with Gasteiger partial charge in [-0.2, -0.15) is 0 Å². The number of hydrogen-bond donors (Lipinski definition) is 2. The third-order valence-corrected chi connectivity index (χ3v) is 4.22. The summed E-state index contributed by atoms with van der Waals surface area (Å²) in [6.07, 6.45) is -0.953. The summed E-state index contributed by atoms with van der Waals surface area (Å²) in [5, 5.41) is 2.82. The number of amides is 1. The summed E-state index contributed by atoms with van der Waals surface area (Å²) < 4.78 is 5.96. The van der Waals surface area contributed by atoms with Gasteiger partial charge in [0.1, 0.15) is 0 Å². The Balaban J connectivity index is 2.08. The van der Waals surface area contributed by atoms with Gasteiger partial charge in [-0.1, -0.05) is 48.0 Å². The molecular weight excluding hydrogens is 384 g/mol. The summed E-state index contributed by atoms with van der Waals surface area (Å²) in [6.45, 7) is 5.62. The van der Waals surface area contributed by atoms with Crippen molar-refractivity contribution in [2.45, 2.75) is 32.8 Å². The Morgan fingerprint density at radius 3 is 2.48 bits per heavy atom. The maximum atomic E-state index is 12.4. The molecule has 0 bridgehead atoms. The third kappa shape index (κ3) is 4.82. The van der Waals surface area contributed by atoms with Crippen LogP contribution in [0.25, 0.3) is 0 Å². The van der Waals surface area contributed by atoms with Crippen LogP contribution < -0.4 is 11.1 Å². The van der Waals surface area contributed by atoms with Crippen LogP contribution in [-0.4, -0.2) is 18.0 Å². The van der Waals surface area contributed by atoms with Gasteiger partial charge in [-0.05, 0) is 42.7 Å². The minimum atomic E-state index is -0.953. The highest BCUT2D eigenvalue weighted by atomic mass is 79.9. The Labute approximate surface area is 155 Å².